The highest BCUT2D eigenvalue weighted by atomic mass is 32.2. The maximum atomic E-state index is 13.2. The molecule has 0 amide bonds. The Morgan fingerprint density at radius 3 is 0.326 bits per heavy atom. The summed E-state index contributed by atoms with van der Waals surface area (Å²) >= 11 is 0. The molecule has 0 N–H and O–H groups in total. The SMILES string of the molecule is Cc1ccc([S+](c2ccc(C(F)(F)F)cc2)c2ccc(C(F)(F)F)cc2)cc1.Cc1ccc([S+](c2ccccc2)c2ccc(C(F)(F)F)cc2)cc1.FC(F)(F)c1ccc([S+](c2ccccc2)c2ccccc2)cc1.Fc1ccc([S+](c2ccc(F)cc2)c2ccc(F)cc2)cc1.Fc1ccc([S+](c2ccccc2)c2ccc(F)cc2)cc1.Fc1ccc([S+](c2ccccc2)c2ccccc2)cc1. The van der Waals surface area contributed by atoms with Crippen molar-refractivity contribution in [3.05, 3.63) is 541 Å². The molecule has 1 unspecified atom stereocenters. The molecule has 696 valence electrons. The van der Waals surface area contributed by atoms with Crippen molar-refractivity contribution >= 4 is 65.4 Å². The van der Waals surface area contributed by atoms with Gasteiger partial charge in [0.05, 0.1) is 87.6 Å². The Bertz CT molecular complexity index is 6440. The second kappa shape index (κ2) is 48.2. The molecule has 0 nitrogen and oxygen atoms in total. The van der Waals surface area contributed by atoms with Crippen LogP contribution >= 0.6 is 0 Å². The molecule has 0 aromatic heterocycles. The molecule has 0 aliphatic heterocycles. The van der Waals surface area contributed by atoms with Crippen LogP contribution in [0.15, 0.2) is 561 Å². The molecule has 0 aliphatic rings. The van der Waals surface area contributed by atoms with Gasteiger partial charge in [-0.05, 0) is 354 Å². The minimum absolute atomic E-state index is 0.190. The smallest absolute Gasteiger partial charge is 0.207 e. The first-order chi connectivity index (χ1) is 66.3. The first-order valence-corrected chi connectivity index (χ1v) is 49.7. The Morgan fingerprint density at radius 2 is 0.217 bits per heavy atom. The summed E-state index contributed by atoms with van der Waals surface area (Å²) < 4.78 is 233. The van der Waals surface area contributed by atoms with E-state index in [1.165, 1.54) is 107 Å². The van der Waals surface area contributed by atoms with E-state index in [9.17, 15) is 79.0 Å². The van der Waals surface area contributed by atoms with Crippen LogP contribution in [0.5, 0.6) is 0 Å². The van der Waals surface area contributed by atoms with E-state index in [0.717, 1.165) is 128 Å². The lowest BCUT2D eigenvalue weighted by atomic mass is 10.2. The third kappa shape index (κ3) is 29.0. The molecule has 0 saturated carbocycles. The van der Waals surface area contributed by atoms with Crippen molar-refractivity contribution in [2.75, 3.05) is 0 Å². The molecule has 18 rings (SSSR count). The molecule has 18 aromatic carbocycles. The van der Waals surface area contributed by atoms with Crippen LogP contribution in [0, 0.1) is 48.8 Å². The van der Waals surface area contributed by atoms with Gasteiger partial charge < -0.3 is 0 Å². The van der Waals surface area contributed by atoms with Crippen LogP contribution in [0.1, 0.15) is 33.4 Å². The molecule has 0 radical (unpaired) electrons. The summed E-state index contributed by atoms with van der Waals surface area (Å²) in [7, 11) is -2.76. The van der Waals surface area contributed by atoms with Gasteiger partial charge in [0, 0.05) is 0 Å². The molecule has 0 saturated heterocycles. The lowest BCUT2D eigenvalue weighted by Gasteiger charge is -2.11. The Morgan fingerprint density at radius 1 is 0.123 bits per heavy atom. The predicted octanol–water partition coefficient (Wildman–Crippen LogP) is 34.2. The van der Waals surface area contributed by atoms with Crippen molar-refractivity contribution in [1.82, 2.24) is 0 Å². The molecule has 1 atom stereocenters. The van der Waals surface area contributed by atoms with Crippen LogP contribution in [0.3, 0.4) is 0 Å². The van der Waals surface area contributed by atoms with Crippen molar-refractivity contribution < 1.29 is 79.0 Å². The van der Waals surface area contributed by atoms with Gasteiger partial charge in [-0.3, -0.25) is 0 Å². The second-order valence-electron chi connectivity index (χ2n) is 30.2. The quantitative estimate of drug-likeness (QED) is 0.0593. The molecule has 0 heterocycles. The van der Waals surface area contributed by atoms with Crippen molar-refractivity contribution in [2.45, 2.75) is 127 Å². The fourth-order valence-electron chi connectivity index (χ4n) is 13.7. The van der Waals surface area contributed by atoms with Gasteiger partial charge in [-0.15, -0.1) is 0 Å². The number of hydrogen-bond acceptors (Lipinski definition) is 0. The third-order valence-corrected chi connectivity index (χ3v) is 33.7. The largest absolute Gasteiger partial charge is 0.416 e. The van der Waals surface area contributed by atoms with Crippen LogP contribution in [0.2, 0.25) is 0 Å². The normalized spacial score (nSPS) is 11.6. The van der Waals surface area contributed by atoms with Crippen molar-refractivity contribution in [2.24, 2.45) is 0 Å². The van der Waals surface area contributed by atoms with Gasteiger partial charge in [0.1, 0.15) is 34.9 Å². The van der Waals surface area contributed by atoms with E-state index in [4.69, 9.17) is 0 Å². The van der Waals surface area contributed by atoms with Crippen molar-refractivity contribution in [3.8, 4) is 0 Å². The van der Waals surface area contributed by atoms with E-state index in [1.807, 2.05) is 232 Å². The highest BCUT2D eigenvalue weighted by Crippen LogP contribution is 2.42. The molecule has 138 heavy (non-hydrogen) atoms. The lowest BCUT2D eigenvalue weighted by molar-refractivity contribution is -0.138. The average Bonchev–Trinajstić information content (AvgIpc) is 0.805. The Balaban J connectivity index is 0.000000140. The Hall–Kier alpha value is -13.2. The fourth-order valence-corrected chi connectivity index (χ4v) is 26.1. The number of aryl methyl sites for hydroxylation is 2. The minimum Gasteiger partial charge on any atom is -0.207 e. The highest BCUT2D eigenvalue weighted by Gasteiger charge is 2.40. The summed E-state index contributed by atoms with van der Waals surface area (Å²) in [6.07, 6.45) is -17.5. The maximum absolute atomic E-state index is 13.2. The molecule has 0 fully saturated rings. The summed E-state index contributed by atoms with van der Waals surface area (Å²) in [5.41, 5.74) is -0.611. The van der Waals surface area contributed by atoms with Gasteiger partial charge in [-0.25, -0.2) is 26.3 Å². The number of halogens is 18. The standard InChI is InChI=1S/C21H15F6S.C20H16F3S.C19H14F3S.C18H12F3S.C18H13F2S.C18H14FS/c1-14-2-8-17(9-3-14)28(18-10-4-15(5-11-18)20(22,23)24)19-12-6-16(7-13-19)21(25,26)27;1-15-7-11-18(12-8-15)24(17-5-3-2-4-6-17)19-13-9-16(10-14-19)20(21,22)23;20-19(21,22)15-11-13-18(14-12-15)23(16-7-3-1-4-8-16)17-9-5-2-6-10-17;19-13-1-7-16(8-2-13)22(17-9-3-14(20)4-10-17)18-11-5-15(21)6-12-18;19-14-6-10-17(11-7-14)21(16-4-2-1-3-5-16)18-12-8-15(20)9-13-18;19-15-11-13-18(14-12-15)20(16-7-3-1-4-8-16)17-9-5-2-6-10-17/h2-13H,1H3;2-14H,1H3;1-14H;1-12H;1-13H;1-14H/q6*+1. The average molecular weight is 1990 g/mol. The van der Waals surface area contributed by atoms with E-state index in [1.54, 1.807) is 84.9 Å². The molecular formula is C114H84F18S6+6. The zero-order chi connectivity index (χ0) is 97.9. The lowest BCUT2D eigenvalue weighted by Crippen LogP contribution is -2.09. The first kappa shape index (κ1) is 102. The topological polar surface area (TPSA) is 0 Å². The highest BCUT2D eigenvalue weighted by molar-refractivity contribution is 7.98. The monoisotopic (exact) mass is 1990 g/mol. The third-order valence-electron chi connectivity index (χ3n) is 20.4. The number of alkyl halides is 12. The summed E-state index contributed by atoms with van der Waals surface area (Å²) in [4.78, 5) is 17.5. The molecule has 18 aromatic rings. The fraction of sp³-hybridized carbons (Fsp3) is 0.0526. The van der Waals surface area contributed by atoms with Crippen LogP contribution in [0.25, 0.3) is 0 Å². The van der Waals surface area contributed by atoms with Crippen LogP contribution in [-0.4, -0.2) is 0 Å². The summed E-state index contributed by atoms with van der Waals surface area (Å²) in [6.45, 7) is 3.92. The van der Waals surface area contributed by atoms with Crippen LogP contribution < -0.4 is 0 Å². The maximum Gasteiger partial charge on any atom is 0.416 e. The van der Waals surface area contributed by atoms with E-state index < -0.39 is 90.5 Å². The van der Waals surface area contributed by atoms with E-state index in [0.29, 0.717) is 9.79 Å². The molecule has 24 heteroatoms. The van der Waals surface area contributed by atoms with Gasteiger partial charge in [-0.1, -0.05) is 145 Å². The summed E-state index contributed by atoms with van der Waals surface area (Å²) in [6, 6.07) is 135. The molecule has 0 aliphatic carbocycles. The minimum atomic E-state index is -4.45. The number of hydrogen-bond donors (Lipinski definition) is 0. The number of rotatable bonds is 18. The van der Waals surface area contributed by atoms with Gasteiger partial charge in [0.15, 0.2) is 88.1 Å². The Labute approximate surface area is 806 Å². The second-order valence-corrected chi connectivity index (χ2v) is 42.3. The van der Waals surface area contributed by atoms with E-state index >= 15 is 0 Å². The van der Waals surface area contributed by atoms with Gasteiger partial charge in [0.25, 0.3) is 0 Å². The van der Waals surface area contributed by atoms with E-state index in [-0.39, 0.29) is 56.7 Å². The predicted molar refractivity (Wildman–Crippen MR) is 518 cm³/mol. The van der Waals surface area contributed by atoms with Crippen molar-refractivity contribution in [1.29, 1.82) is 0 Å². The van der Waals surface area contributed by atoms with Crippen LogP contribution in [-0.2, 0) is 90.1 Å². The zero-order valence-corrected chi connectivity index (χ0v) is 78.2. The molecule has 0 spiro atoms. The van der Waals surface area contributed by atoms with E-state index in [2.05, 4.69) is 24.3 Å². The molecular weight excluding hydrogens is 1900 g/mol. The van der Waals surface area contributed by atoms with Gasteiger partial charge in [-0.2, -0.15) is 52.7 Å². The summed E-state index contributed by atoms with van der Waals surface area (Å²) in [5, 5.41) is 0. The first-order valence-electron chi connectivity index (χ1n) is 42.4. The Kier molecular flexibility index (Phi) is 35.7. The van der Waals surface area contributed by atoms with Gasteiger partial charge in [0.2, 0.25) is 0 Å². The van der Waals surface area contributed by atoms with Gasteiger partial charge >= 0.3 is 24.7 Å². The zero-order valence-electron chi connectivity index (χ0n) is 73.3. The number of benzene rings is 18. The molecule has 0 bridgehead atoms. The van der Waals surface area contributed by atoms with Crippen molar-refractivity contribution in [3.63, 3.8) is 0 Å². The van der Waals surface area contributed by atoms with Crippen LogP contribution in [0.4, 0.5) is 79.0 Å². The summed E-state index contributed by atoms with van der Waals surface area (Å²) in [5.74, 6) is -1.65.